The van der Waals surface area contributed by atoms with Gasteiger partial charge in [0.25, 0.3) is 0 Å². The van der Waals surface area contributed by atoms with Crippen molar-refractivity contribution in [2.75, 3.05) is 0 Å². The molecule has 19 heavy (non-hydrogen) atoms. The standard InChI is InChI=1S/C15H15ClN2O/c1-9-3-6-12(7-10(9)2)19-14-8-13(16)17-15(18-14)11-4-5-11/h3,6-8,11H,4-5H2,1-2H3. The molecule has 0 bridgehead atoms. The third-order valence-electron chi connectivity index (χ3n) is 3.33. The summed E-state index contributed by atoms with van der Waals surface area (Å²) in [6.45, 7) is 4.14. The molecule has 1 saturated carbocycles. The zero-order valence-electron chi connectivity index (χ0n) is 11.0. The summed E-state index contributed by atoms with van der Waals surface area (Å²) in [6.07, 6.45) is 2.28. The molecule has 0 spiro atoms. The SMILES string of the molecule is Cc1ccc(Oc2cc(Cl)nc(C3CC3)n2)cc1C. The molecule has 0 radical (unpaired) electrons. The Morgan fingerprint density at radius 2 is 1.89 bits per heavy atom. The van der Waals surface area contributed by atoms with Gasteiger partial charge in [-0.25, -0.2) is 4.98 Å². The summed E-state index contributed by atoms with van der Waals surface area (Å²) in [5.74, 6) is 2.55. The topological polar surface area (TPSA) is 35.0 Å². The number of aromatic nitrogens is 2. The summed E-state index contributed by atoms with van der Waals surface area (Å²) in [7, 11) is 0. The molecule has 1 fully saturated rings. The van der Waals surface area contributed by atoms with Crippen molar-refractivity contribution >= 4 is 11.6 Å². The predicted octanol–water partition coefficient (Wildman–Crippen LogP) is 4.42. The molecule has 1 aliphatic carbocycles. The van der Waals surface area contributed by atoms with E-state index in [9.17, 15) is 0 Å². The molecule has 4 heteroatoms. The Bertz CT molecular complexity index is 624. The maximum Gasteiger partial charge on any atom is 0.224 e. The minimum absolute atomic E-state index is 0.440. The van der Waals surface area contributed by atoms with E-state index in [1.165, 1.54) is 11.1 Å². The van der Waals surface area contributed by atoms with Gasteiger partial charge in [0.1, 0.15) is 16.7 Å². The number of halogens is 1. The van der Waals surface area contributed by atoms with Crippen LogP contribution in [0.2, 0.25) is 5.15 Å². The molecule has 1 aliphatic rings. The van der Waals surface area contributed by atoms with E-state index in [4.69, 9.17) is 16.3 Å². The van der Waals surface area contributed by atoms with E-state index >= 15 is 0 Å². The molecule has 0 N–H and O–H groups in total. The summed E-state index contributed by atoms with van der Waals surface area (Å²) in [5, 5.41) is 0.440. The van der Waals surface area contributed by atoms with Crippen LogP contribution in [0.3, 0.4) is 0 Å². The maximum absolute atomic E-state index is 6.01. The first-order chi connectivity index (χ1) is 9.11. The number of aryl methyl sites for hydroxylation is 2. The van der Waals surface area contributed by atoms with Crippen molar-refractivity contribution in [1.82, 2.24) is 9.97 Å². The molecule has 0 amide bonds. The third-order valence-corrected chi connectivity index (χ3v) is 3.53. The van der Waals surface area contributed by atoms with E-state index in [2.05, 4.69) is 23.8 Å². The zero-order valence-corrected chi connectivity index (χ0v) is 11.7. The fraction of sp³-hybridized carbons (Fsp3) is 0.333. The monoisotopic (exact) mass is 274 g/mol. The van der Waals surface area contributed by atoms with Gasteiger partial charge in [-0.1, -0.05) is 17.7 Å². The van der Waals surface area contributed by atoms with Crippen LogP contribution >= 0.6 is 11.6 Å². The third kappa shape index (κ3) is 2.87. The molecule has 0 aliphatic heterocycles. The highest BCUT2D eigenvalue weighted by Gasteiger charge is 2.27. The van der Waals surface area contributed by atoms with Crippen molar-refractivity contribution in [3.63, 3.8) is 0 Å². The molecule has 3 rings (SSSR count). The predicted molar refractivity (Wildman–Crippen MR) is 75.0 cm³/mol. The van der Waals surface area contributed by atoms with Gasteiger partial charge in [-0.15, -0.1) is 0 Å². The van der Waals surface area contributed by atoms with Crippen molar-refractivity contribution in [3.8, 4) is 11.6 Å². The highest BCUT2D eigenvalue weighted by Crippen LogP contribution is 2.39. The number of nitrogens with zero attached hydrogens (tertiary/aromatic N) is 2. The van der Waals surface area contributed by atoms with Gasteiger partial charge < -0.3 is 4.74 Å². The first kappa shape index (κ1) is 12.4. The molecule has 2 aromatic rings. The van der Waals surface area contributed by atoms with Crippen LogP contribution < -0.4 is 4.74 Å². The van der Waals surface area contributed by atoms with Crippen LogP contribution in [0.15, 0.2) is 24.3 Å². The number of hydrogen-bond donors (Lipinski definition) is 0. The van der Waals surface area contributed by atoms with Crippen LogP contribution in [0.1, 0.15) is 35.7 Å². The Morgan fingerprint density at radius 3 is 2.58 bits per heavy atom. The largest absolute Gasteiger partial charge is 0.439 e. The fourth-order valence-corrected chi connectivity index (χ4v) is 2.07. The first-order valence-corrected chi connectivity index (χ1v) is 6.79. The molecule has 1 heterocycles. The second kappa shape index (κ2) is 4.82. The van der Waals surface area contributed by atoms with Crippen LogP contribution in [0, 0.1) is 13.8 Å². The van der Waals surface area contributed by atoms with E-state index in [1.54, 1.807) is 6.07 Å². The van der Waals surface area contributed by atoms with Gasteiger partial charge in [-0.2, -0.15) is 4.98 Å². The second-order valence-electron chi connectivity index (χ2n) is 5.01. The smallest absolute Gasteiger partial charge is 0.224 e. The molecule has 1 aromatic heterocycles. The Hall–Kier alpha value is -1.61. The fourth-order valence-electron chi connectivity index (χ4n) is 1.89. The highest BCUT2D eigenvalue weighted by atomic mass is 35.5. The van der Waals surface area contributed by atoms with Gasteiger partial charge in [-0.05, 0) is 49.9 Å². The van der Waals surface area contributed by atoms with E-state index in [0.717, 1.165) is 24.4 Å². The van der Waals surface area contributed by atoms with Crippen LogP contribution in [0.5, 0.6) is 11.6 Å². The average Bonchev–Trinajstić information content (AvgIpc) is 3.17. The van der Waals surface area contributed by atoms with Crippen LogP contribution in [0.4, 0.5) is 0 Å². The number of benzene rings is 1. The quantitative estimate of drug-likeness (QED) is 0.777. The van der Waals surface area contributed by atoms with Gasteiger partial charge in [0.15, 0.2) is 0 Å². The number of hydrogen-bond acceptors (Lipinski definition) is 3. The summed E-state index contributed by atoms with van der Waals surface area (Å²) in [5.41, 5.74) is 2.44. The number of ether oxygens (including phenoxy) is 1. The minimum Gasteiger partial charge on any atom is -0.439 e. The highest BCUT2D eigenvalue weighted by molar-refractivity contribution is 6.29. The van der Waals surface area contributed by atoms with E-state index < -0.39 is 0 Å². The summed E-state index contributed by atoms with van der Waals surface area (Å²) >= 11 is 6.01. The Morgan fingerprint density at radius 1 is 1.11 bits per heavy atom. The molecule has 3 nitrogen and oxygen atoms in total. The van der Waals surface area contributed by atoms with E-state index in [0.29, 0.717) is 17.0 Å². The second-order valence-corrected chi connectivity index (χ2v) is 5.40. The normalized spacial score (nSPS) is 14.5. The lowest BCUT2D eigenvalue weighted by molar-refractivity contribution is 0.458. The van der Waals surface area contributed by atoms with Crippen LogP contribution in [-0.2, 0) is 0 Å². The first-order valence-electron chi connectivity index (χ1n) is 6.41. The molecular formula is C15H15ClN2O. The molecule has 1 aromatic carbocycles. The van der Waals surface area contributed by atoms with E-state index in [-0.39, 0.29) is 0 Å². The van der Waals surface area contributed by atoms with Crippen LogP contribution in [-0.4, -0.2) is 9.97 Å². The van der Waals surface area contributed by atoms with Crippen molar-refractivity contribution in [3.05, 3.63) is 46.4 Å². The zero-order chi connectivity index (χ0) is 13.4. The molecular weight excluding hydrogens is 260 g/mol. The summed E-state index contributed by atoms with van der Waals surface area (Å²) in [4.78, 5) is 8.67. The minimum atomic E-state index is 0.440. The lowest BCUT2D eigenvalue weighted by Gasteiger charge is -2.08. The van der Waals surface area contributed by atoms with Gasteiger partial charge in [0.2, 0.25) is 5.88 Å². The Kier molecular flexibility index (Phi) is 3.15. The van der Waals surface area contributed by atoms with Gasteiger partial charge >= 0.3 is 0 Å². The lowest BCUT2D eigenvalue weighted by Crippen LogP contribution is -1.96. The lowest BCUT2D eigenvalue weighted by atomic mass is 10.1. The van der Waals surface area contributed by atoms with Crippen molar-refractivity contribution in [2.24, 2.45) is 0 Å². The average molecular weight is 275 g/mol. The Labute approximate surface area is 117 Å². The molecule has 0 unspecified atom stereocenters. The molecule has 0 atom stereocenters. The van der Waals surface area contributed by atoms with Crippen molar-refractivity contribution < 1.29 is 4.74 Å². The van der Waals surface area contributed by atoms with Crippen LogP contribution in [0.25, 0.3) is 0 Å². The summed E-state index contributed by atoms with van der Waals surface area (Å²) in [6, 6.07) is 7.63. The summed E-state index contributed by atoms with van der Waals surface area (Å²) < 4.78 is 5.78. The van der Waals surface area contributed by atoms with Crippen molar-refractivity contribution in [1.29, 1.82) is 0 Å². The maximum atomic E-state index is 6.01. The van der Waals surface area contributed by atoms with Crippen molar-refractivity contribution in [2.45, 2.75) is 32.6 Å². The number of rotatable bonds is 3. The van der Waals surface area contributed by atoms with Gasteiger partial charge in [0, 0.05) is 12.0 Å². The van der Waals surface area contributed by atoms with Gasteiger partial charge in [-0.3, -0.25) is 0 Å². The molecule has 98 valence electrons. The van der Waals surface area contributed by atoms with E-state index in [1.807, 2.05) is 18.2 Å². The molecule has 0 saturated heterocycles. The van der Waals surface area contributed by atoms with Gasteiger partial charge in [0.05, 0.1) is 0 Å². The Balaban J connectivity index is 1.87.